The number of nitrogens with two attached hydrogens (primary N) is 1. The first-order valence-corrected chi connectivity index (χ1v) is 5.52. The number of rotatable bonds is 2. The number of alkyl halides is 1. The van der Waals surface area contributed by atoms with Crippen LogP contribution in [0.3, 0.4) is 0 Å². The second kappa shape index (κ2) is 3.67. The average molecular weight is 228 g/mol. The van der Waals surface area contributed by atoms with Crippen molar-refractivity contribution in [2.24, 2.45) is 0 Å². The second-order valence-electron chi connectivity index (χ2n) is 2.97. The van der Waals surface area contributed by atoms with Crippen molar-refractivity contribution in [2.45, 2.75) is 5.88 Å². The van der Waals surface area contributed by atoms with Crippen LogP contribution in [-0.4, -0.2) is 7.11 Å². The fourth-order valence-electron chi connectivity index (χ4n) is 1.38. The molecule has 1 heterocycles. The van der Waals surface area contributed by atoms with E-state index in [4.69, 9.17) is 22.1 Å². The zero-order valence-corrected chi connectivity index (χ0v) is 9.28. The lowest BCUT2D eigenvalue weighted by Gasteiger charge is -1.96. The summed E-state index contributed by atoms with van der Waals surface area (Å²) in [5, 5.41) is 1.80. The third kappa shape index (κ3) is 1.42. The van der Waals surface area contributed by atoms with Gasteiger partial charge in [-0.05, 0) is 17.7 Å². The number of benzene rings is 1. The number of halogens is 1. The Morgan fingerprint density at radius 1 is 1.50 bits per heavy atom. The summed E-state index contributed by atoms with van der Waals surface area (Å²) in [6.45, 7) is 0. The summed E-state index contributed by atoms with van der Waals surface area (Å²) in [6, 6.07) is 6.04. The van der Waals surface area contributed by atoms with Crippen molar-refractivity contribution in [3.63, 3.8) is 0 Å². The zero-order valence-electron chi connectivity index (χ0n) is 7.71. The molecule has 2 nitrogen and oxygen atoms in total. The Morgan fingerprint density at radius 3 is 2.93 bits per heavy atom. The fourth-order valence-corrected chi connectivity index (χ4v) is 2.46. The minimum Gasteiger partial charge on any atom is -0.486 e. The molecule has 0 aliphatic carbocycles. The highest BCUT2D eigenvalue weighted by Gasteiger charge is 2.09. The van der Waals surface area contributed by atoms with Gasteiger partial charge in [0.25, 0.3) is 0 Å². The van der Waals surface area contributed by atoms with Gasteiger partial charge < -0.3 is 10.5 Å². The van der Waals surface area contributed by atoms with Crippen LogP contribution in [0.25, 0.3) is 10.1 Å². The Bertz CT molecular complexity index is 466. The maximum atomic E-state index is 5.92. The Labute approximate surface area is 91.2 Å². The van der Waals surface area contributed by atoms with Crippen LogP contribution in [0.15, 0.2) is 18.2 Å². The number of ether oxygens (including phenoxy) is 1. The van der Waals surface area contributed by atoms with Gasteiger partial charge in [0.05, 0.1) is 12.8 Å². The van der Waals surface area contributed by atoms with Crippen LogP contribution in [0, 0.1) is 0 Å². The van der Waals surface area contributed by atoms with Gasteiger partial charge in [-0.1, -0.05) is 17.4 Å². The van der Waals surface area contributed by atoms with E-state index < -0.39 is 0 Å². The lowest BCUT2D eigenvalue weighted by Crippen LogP contribution is -1.87. The quantitative estimate of drug-likeness (QED) is 0.800. The SMILES string of the molecule is COc1sc2ccc(CCl)cc2c1N. The summed E-state index contributed by atoms with van der Waals surface area (Å²) in [6.07, 6.45) is 0. The van der Waals surface area contributed by atoms with E-state index in [2.05, 4.69) is 0 Å². The largest absolute Gasteiger partial charge is 0.486 e. The summed E-state index contributed by atoms with van der Waals surface area (Å²) in [5.74, 6) is 0.507. The molecule has 2 rings (SSSR count). The van der Waals surface area contributed by atoms with Crippen LogP contribution >= 0.6 is 22.9 Å². The van der Waals surface area contributed by atoms with Crippen LogP contribution < -0.4 is 10.5 Å². The Kier molecular flexibility index (Phi) is 2.52. The monoisotopic (exact) mass is 227 g/mol. The number of thiophene rings is 1. The normalized spacial score (nSPS) is 10.7. The lowest BCUT2D eigenvalue weighted by atomic mass is 10.2. The van der Waals surface area contributed by atoms with E-state index in [0.29, 0.717) is 11.6 Å². The van der Waals surface area contributed by atoms with E-state index in [-0.39, 0.29) is 0 Å². The summed E-state index contributed by atoms with van der Waals surface area (Å²) in [7, 11) is 1.63. The zero-order chi connectivity index (χ0) is 10.1. The molecule has 1 aromatic carbocycles. The molecule has 0 fully saturated rings. The van der Waals surface area contributed by atoms with E-state index >= 15 is 0 Å². The predicted octanol–water partition coefficient (Wildman–Crippen LogP) is 3.23. The minimum absolute atomic E-state index is 0.507. The Hall–Kier alpha value is -0.930. The number of anilines is 1. The van der Waals surface area contributed by atoms with Crippen LogP contribution in [0.5, 0.6) is 5.06 Å². The molecule has 0 atom stereocenters. The number of nitrogen functional groups attached to an aromatic ring is 1. The van der Waals surface area contributed by atoms with Gasteiger partial charge in [-0.15, -0.1) is 11.6 Å². The molecule has 0 aliphatic heterocycles. The third-order valence-electron chi connectivity index (χ3n) is 2.10. The van der Waals surface area contributed by atoms with Crippen molar-refractivity contribution in [1.29, 1.82) is 0 Å². The highest BCUT2D eigenvalue weighted by molar-refractivity contribution is 7.21. The van der Waals surface area contributed by atoms with Crippen molar-refractivity contribution in [3.05, 3.63) is 23.8 Å². The van der Waals surface area contributed by atoms with Crippen LogP contribution in [-0.2, 0) is 5.88 Å². The molecule has 2 N–H and O–H groups in total. The Morgan fingerprint density at radius 2 is 2.29 bits per heavy atom. The first-order chi connectivity index (χ1) is 6.76. The molecule has 2 aromatic rings. The molecule has 0 radical (unpaired) electrons. The van der Waals surface area contributed by atoms with E-state index in [0.717, 1.165) is 20.7 Å². The molecular formula is C10H10ClNOS. The van der Waals surface area contributed by atoms with E-state index in [1.165, 1.54) is 0 Å². The minimum atomic E-state index is 0.507. The first-order valence-electron chi connectivity index (χ1n) is 4.17. The molecule has 0 saturated heterocycles. The van der Waals surface area contributed by atoms with Gasteiger partial charge in [-0.2, -0.15) is 0 Å². The maximum absolute atomic E-state index is 5.92. The number of fused-ring (bicyclic) bond motifs is 1. The van der Waals surface area contributed by atoms with Crippen LogP contribution in [0.4, 0.5) is 5.69 Å². The summed E-state index contributed by atoms with van der Waals surface area (Å²) in [4.78, 5) is 0. The maximum Gasteiger partial charge on any atom is 0.198 e. The lowest BCUT2D eigenvalue weighted by molar-refractivity contribution is 0.429. The molecule has 0 saturated carbocycles. The van der Waals surface area contributed by atoms with Crippen LogP contribution in [0.2, 0.25) is 0 Å². The van der Waals surface area contributed by atoms with Gasteiger partial charge in [0.1, 0.15) is 0 Å². The standard InChI is InChI=1S/C10H10ClNOS/c1-13-10-9(12)7-4-6(5-11)2-3-8(7)14-10/h2-4H,5,12H2,1H3. The van der Waals surface area contributed by atoms with Crippen molar-refractivity contribution in [3.8, 4) is 5.06 Å². The van der Waals surface area contributed by atoms with Gasteiger partial charge in [0.15, 0.2) is 5.06 Å². The highest BCUT2D eigenvalue weighted by atomic mass is 35.5. The smallest absolute Gasteiger partial charge is 0.198 e. The predicted molar refractivity (Wildman–Crippen MR) is 62.3 cm³/mol. The average Bonchev–Trinajstić information content (AvgIpc) is 2.55. The van der Waals surface area contributed by atoms with E-state index in [1.807, 2.05) is 18.2 Å². The van der Waals surface area contributed by atoms with Gasteiger partial charge in [0, 0.05) is 16.0 Å². The van der Waals surface area contributed by atoms with Crippen molar-refractivity contribution in [1.82, 2.24) is 0 Å². The molecule has 1 aromatic heterocycles. The molecule has 0 amide bonds. The van der Waals surface area contributed by atoms with Gasteiger partial charge in [0.2, 0.25) is 0 Å². The molecule has 4 heteroatoms. The molecule has 0 bridgehead atoms. The highest BCUT2D eigenvalue weighted by Crippen LogP contribution is 2.40. The van der Waals surface area contributed by atoms with Crippen molar-refractivity contribution in [2.75, 3.05) is 12.8 Å². The summed E-state index contributed by atoms with van der Waals surface area (Å²) >= 11 is 7.30. The van der Waals surface area contributed by atoms with Crippen molar-refractivity contribution >= 4 is 38.7 Å². The van der Waals surface area contributed by atoms with Crippen LogP contribution in [0.1, 0.15) is 5.56 Å². The number of hydrogen-bond donors (Lipinski definition) is 1. The molecule has 14 heavy (non-hydrogen) atoms. The van der Waals surface area contributed by atoms with Gasteiger partial charge >= 0.3 is 0 Å². The molecule has 0 unspecified atom stereocenters. The molecular weight excluding hydrogens is 218 g/mol. The summed E-state index contributed by atoms with van der Waals surface area (Å²) < 4.78 is 6.30. The molecule has 74 valence electrons. The van der Waals surface area contributed by atoms with E-state index in [9.17, 15) is 0 Å². The second-order valence-corrected chi connectivity index (χ2v) is 4.25. The fraction of sp³-hybridized carbons (Fsp3) is 0.200. The first kappa shape index (κ1) is 9.62. The molecule has 0 spiro atoms. The van der Waals surface area contributed by atoms with E-state index in [1.54, 1.807) is 18.4 Å². The Balaban J connectivity index is 2.68. The topological polar surface area (TPSA) is 35.2 Å². The number of methoxy groups -OCH3 is 1. The molecule has 0 aliphatic rings. The third-order valence-corrected chi connectivity index (χ3v) is 3.55. The summed E-state index contributed by atoms with van der Waals surface area (Å²) in [5.41, 5.74) is 7.70. The van der Waals surface area contributed by atoms with Gasteiger partial charge in [-0.3, -0.25) is 0 Å². The number of hydrogen-bond acceptors (Lipinski definition) is 3. The van der Waals surface area contributed by atoms with Gasteiger partial charge in [-0.25, -0.2) is 0 Å². The van der Waals surface area contributed by atoms with Crippen molar-refractivity contribution < 1.29 is 4.74 Å².